The second-order valence-corrected chi connectivity index (χ2v) is 5.39. The van der Waals surface area contributed by atoms with E-state index >= 15 is 0 Å². The largest absolute Gasteiger partial charge is 0.192 e. The molecule has 0 aliphatic rings. The van der Waals surface area contributed by atoms with Gasteiger partial charge in [0, 0.05) is 18.5 Å². The molecule has 1 aromatic heterocycles. The van der Waals surface area contributed by atoms with Crippen LogP contribution in [0.4, 0.5) is 0 Å². The van der Waals surface area contributed by atoms with Crippen LogP contribution >= 0.6 is 33.9 Å². The molecule has 0 radical (unpaired) electrons. The zero-order valence-corrected chi connectivity index (χ0v) is 10.6. The quantitative estimate of drug-likeness (QED) is 0.732. The Morgan fingerprint density at radius 3 is 2.93 bits per heavy atom. The zero-order chi connectivity index (χ0) is 10.1. The molecule has 3 heteroatoms. The Morgan fingerprint density at radius 2 is 2.29 bits per heavy atom. The van der Waals surface area contributed by atoms with Crippen molar-refractivity contribution >= 4 is 44.0 Å². The minimum Gasteiger partial charge on any atom is -0.192 e. The number of nitrogens with zero attached hydrogens (tertiary/aromatic N) is 1. The SMILES string of the molecule is CCc1sc2ccc(I)cc2c1C#N. The Hall–Kier alpha value is -0.600. The van der Waals surface area contributed by atoms with Crippen LogP contribution in [0.5, 0.6) is 0 Å². The summed E-state index contributed by atoms with van der Waals surface area (Å²) in [7, 11) is 0. The first kappa shape index (κ1) is 9.94. The number of nitriles is 1. The smallest absolute Gasteiger partial charge is 0.101 e. The van der Waals surface area contributed by atoms with Gasteiger partial charge in [0.15, 0.2) is 0 Å². The highest BCUT2D eigenvalue weighted by Gasteiger charge is 2.09. The number of hydrogen-bond acceptors (Lipinski definition) is 2. The predicted octanol–water partition coefficient (Wildman–Crippen LogP) is 3.94. The molecular weight excluding hydrogens is 305 g/mol. The maximum atomic E-state index is 9.08. The molecule has 0 aliphatic carbocycles. The highest BCUT2D eigenvalue weighted by molar-refractivity contribution is 14.1. The summed E-state index contributed by atoms with van der Waals surface area (Å²) in [6.07, 6.45) is 0.943. The number of aryl methyl sites for hydroxylation is 1. The molecule has 0 aliphatic heterocycles. The molecule has 2 aromatic rings. The Bertz CT molecular complexity index is 522. The summed E-state index contributed by atoms with van der Waals surface area (Å²) < 4.78 is 2.41. The van der Waals surface area contributed by atoms with Crippen LogP contribution in [0.15, 0.2) is 18.2 Å². The monoisotopic (exact) mass is 313 g/mol. The lowest BCUT2D eigenvalue weighted by Gasteiger charge is -1.91. The first-order valence-electron chi connectivity index (χ1n) is 4.37. The van der Waals surface area contributed by atoms with Crippen molar-refractivity contribution in [1.82, 2.24) is 0 Å². The van der Waals surface area contributed by atoms with Crippen molar-refractivity contribution in [1.29, 1.82) is 5.26 Å². The van der Waals surface area contributed by atoms with E-state index in [1.54, 1.807) is 11.3 Å². The van der Waals surface area contributed by atoms with E-state index in [0.29, 0.717) is 0 Å². The van der Waals surface area contributed by atoms with Crippen LogP contribution in [-0.4, -0.2) is 0 Å². The highest BCUT2D eigenvalue weighted by Crippen LogP contribution is 2.32. The average Bonchev–Trinajstić information content (AvgIpc) is 2.54. The fourth-order valence-corrected chi connectivity index (χ4v) is 3.06. The third kappa shape index (κ3) is 1.53. The summed E-state index contributed by atoms with van der Waals surface area (Å²) in [5.41, 5.74) is 0.867. The first-order chi connectivity index (χ1) is 6.76. The van der Waals surface area contributed by atoms with Gasteiger partial charge in [0.1, 0.15) is 6.07 Å². The number of fused-ring (bicyclic) bond motifs is 1. The van der Waals surface area contributed by atoms with E-state index < -0.39 is 0 Å². The number of halogens is 1. The van der Waals surface area contributed by atoms with E-state index in [2.05, 4.69) is 53.8 Å². The molecule has 2 rings (SSSR count). The van der Waals surface area contributed by atoms with Crippen molar-refractivity contribution in [3.63, 3.8) is 0 Å². The molecule has 1 heterocycles. The normalized spacial score (nSPS) is 10.4. The van der Waals surface area contributed by atoms with Crippen molar-refractivity contribution < 1.29 is 0 Å². The van der Waals surface area contributed by atoms with Crippen LogP contribution in [0.25, 0.3) is 10.1 Å². The summed E-state index contributed by atoms with van der Waals surface area (Å²) in [5.74, 6) is 0. The van der Waals surface area contributed by atoms with Gasteiger partial charge >= 0.3 is 0 Å². The second kappa shape index (κ2) is 3.87. The topological polar surface area (TPSA) is 23.8 Å². The van der Waals surface area contributed by atoms with Crippen molar-refractivity contribution in [2.75, 3.05) is 0 Å². The van der Waals surface area contributed by atoms with Gasteiger partial charge in [-0.25, -0.2) is 0 Å². The van der Waals surface area contributed by atoms with E-state index in [-0.39, 0.29) is 0 Å². The maximum absolute atomic E-state index is 9.08. The third-order valence-corrected chi connectivity index (χ3v) is 4.14. The molecule has 0 spiro atoms. The van der Waals surface area contributed by atoms with Crippen LogP contribution in [0.1, 0.15) is 17.4 Å². The van der Waals surface area contributed by atoms with Crippen molar-refractivity contribution in [2.45, 2.75) is 13.3 Å². The Morgan fingerprint density at radius 1 is 1.50 bits per heavy atom. The summed E-state index contributed by atoms with van der Waals surface area (Å²) >= 11 is 4.01. The molecule has 1 nitrogen and oxygen atoms in total. The van der Waals surface area contributed by atoms with Gasteiger partial charge in [-0.1, -0.05) is 6.92 Å². The van der Waals surface area contributed by atoms with Gasteiger partial charge in [-0.3, -0.25) is 0 Å². The van der Waals surface area contributed by atoms with Gasteiger partial charge < -0.3 is 0 Å². The van der Waals surface area contributed by atoms with Gasteiger partial charge in [-0.2, -0.15) is 5.26 Å². The highest BCUT2D eigenvalue weighted by atomic mass is 127. The zero-order valence-electron chi connectivity index (χ0n) is 7.67. The molecule has 70 valence electrons. The van der Waals surface area contributed by atoms with Crippen LogP contribution < -0.4 is 0 Å². The Kier molecular flexibility index (Phi) is 2.75. The van der Waals surface area contributed by atoms with E-state index in [1.165, 1.54) is 13.1 Å². The number of hydrogen-bond donors (Lipinski definition) is 0. The molecule has 1 aromatic carbocycles. The van der Waals surface area contributed by atoms with E-state index in [4.69, 9.17) is 5.26 Å². The average molecular weight is 313 g/mol. The second-order valence-electron chi connectivity index (χ2n) is 3.01. The molecule has 0 unspecified atom stereocenters. The van der Waals surface area contributed by atoms with Gasteiger partial charge in [0.05, 0.1) is 5.56 Å². The van der Waals surface area contributed by atoms with Gasteiger partial charge in [0.25, 0.3) is 0 Å². The predicted molar refractivity (Wildman–Crippen MR) is 68.6 cm³/mol. The van der Waals surface area contributed by atoms with Crippen molar-refractivity contribution in [3.05, 3.63) is 32.2 Å². The van der Waals surface area contributed by atoms with E-state index in [0.717, 1.165) is 17.4 Å². The number of rotatable bonds is 1. The lowest BCUT2D eigenvalue weighted by molar-refractivity contribution is 1.18. The molecule has 0 atom stereocenters. The summed E-state index contributed by atoms with van der Waals surface area (Å²) in [5, 5.41) is 10.2. The summed E-state index contributed by atoms with van der Waals surface area (Å²) in [6, 6.07) is 8.57. The van der Waals surface area contributed by atoms with Crippen LogP contribution in [-0.2, 0) is 6.42 Å². The maximum Gasteiger partial charge on any atom is 0.101 e. The van der Waals surface area contributed by atoms with Crippen molar-refractivity contribution in [3.8, 4) is 6.07 Å². The van der Waals surface area contributed by atoms with Gasteiger partial charge in [-0.05, 0) is 47.2 Å². The molecule has 0 N–H and O–H groups in total. The lowest BCUT2D eigenvalue weighted by Crippen LogP contribution is -1.78. The number of thiophene rings is 1. The molecule has 0 fully saturated rings. The van der Waals surface area contributed by atoms with E-state index in [9.17, 15) is 0 Å². The molecule has 0 bridgehead atoms. The van der Waals surface area contributed by atoms with Crippen LogP contribution in [0.3, 0.4) is 0 Å². The van der Waals surface area contributed by atoms with Crippen molar-refractivity contribution in [2.24, 2.45) is 0 Å². The summed E-state index contributed by atoms with van der Waals surface area (Å²) in [4.78, 5) is 1.20. The molecule has 14 heavy (non-hydrogen) atoms. The van der Waals surface area contributed by atoms with Gasteiger partial charge in [-0.15, -0.1) is 11.3 Å². The minimum absolute atomic E-state index is 0.867. The van der Waals surface area contributed by atoms with Gasteiger partial charge in [0.2, 0.25) is 0 Å². The standard InChI is InChI=1S/C11H8INS/c1-2-10-9(6-13)8-5-7(12)3-4-11(8)14-10/h3-5H,2H2,1H3. The Labute approximate surface area is 101 Å². The third-order valence-electron chi connectivity index (χ3n) is 2.16. The molecule has 0 amide bonds. The molecular formula is C11H8INS. The first-order valence-corrected chi connectivity index (χ1v) is 6.26. The number of benzene rings is 1. The Balaban J connectivity index is 2.83. The fraction of sp³-hybridized carbons (Fsp3) is 0.182. The minimum atomic E-state index is 0.867. The van der Waals surface area contributed by atoms with Crippen LogP contribution in [0, 0.1) is 14.9 Å². The van der Waals surface area contributed by atoms with E-state index in [1.807, 2.05) is 0 Å². The van der Waals surface area contributed by atoms with Crippen LogP contribution in [0.2, 0.25) is 0 Å². The molecule has 0 saturated carbocycles. The summed E-state index contributed by atoms with van der Waals surface area (Å²) in [6.45, 7) is 2.09. The fourth-order valence-electron chi connectivity index (χ4n) is 1.49. The molecule has 0 saturated heterocycles. The lowest BCUT2D eigenvalue weighted by atomic mass is 10.1.